The van der Waals surface area contributed by atoms with Crippen molar-refractivity contribution in [1.82, 2.24) is 14.5 Å². The molecule has 0 bridgehead atoms. The van der Waals surface area contributed by atoms with E-state index in [4.69, 9.17) is 0 Å². The summed E-state index contributed by atoms with van der Waals surface area (Å²) in [4.78, 5) is 44.9. The van der Waals surface area contributed by atoms with E-state index in [1.165, 1.54) is 0 Å². The molecule has 1 fully saturated rings. The summed E-state index contributed by atoms with van der Waals surface area (Å²) in [6.07, 6.45) is -6.32. The molecule has 0 aliphatic carbocycles. The van der Waals surface area contributed by atoms with Gasteiger partial charge in [0, 0.05) is 18.8 Å². The second-order valence-electron chi connectivity index (χ2n) is 8.61. The second-order valence-corrected chi connectivity index (χ2v) is 9.61. The highest BCUT2D eigenvalue weighted by molar-refractivity contribution is 7.20. The SMILES string of the molecule is CC.Cc1c(C(=O)N2CCCCC2)sc2ncn(CC(=O)Nc3cc(C(F)(F)F)cc(C(F)(F)F)c3)c(=O)c12. The van der Waals surface area contributed by atoms with E-state index < -0.39 is 47.2 Å². The molecule has 2 aromatic heterocycles. The highest BCUT2D eigenvalue weighted by Gasteiger charge is 2.37. The summed E-state index contributed by atoms with van der Waals surface area (Å²) in [5.41, 5.74) is -4.16. The third-order valence-corrected chi connectivity index (χ3v) is 7.13. The first kappa shape index (κ1) is 30.1. The number of rotatable bonds is 4. The fourth-order valence-electron chi connectivity index (χ4n) is 4.10. The van der Waals surface area contributed by atoms with E-state index in [2.05, 4.69) is 4.98 Å². The molecule has 3 heterocycles. The molecule has 4 rings (SSSR count). The summed E-state index contributed by atoms with van der Waals surface area (Å²) >= 11 is 1.05. The van der Waals surface area contributed by atoms with E-state index in [1.807, 2.05) is 19.2 Å². The number of halogens is 6. The van der Waals surface area contributed by atoms with Crippen molar-refractivity contribution in [2.45, 2.75) is 58.9 Å². The maximum atomic E-state index is 13.1. The number of likely N-dealkylation sites (tertiary alicyclic amines) is 1. The van der Waals surface area contributed by atoms with Crippen LogP contribution < -0.4 is 10.9 Å². The van der Waals surface area contributed by atoms with Gasteiger partial charge in [-0.25, -0.2) is 4.98 Å². The molecule has 39 heavy (non-hydrogen) atoms. The van der Waals surface area contributed by atoms with Crippen molar-refractivity contribution in [3.63, 3.8) is 0 Å². The molecule has 0 spiro atoms. The number of hydrogen-bond acceptors (Lipinski definition) is 5. The molecule has 2 amide bonds. The minimum absolute atomic E-state index is 0.0554. The van der Waals surface area contributed by atoms with Gasteiger partial charge in [0.15, 0.2) is 0 Å². The van der Waals surface area contributed by atoms with Crippen LogP contribution in [0, 0.1) is 6.92 Å². The summed E-state index contributed by atoms with van der Waals surface area (Å²) in [5, 5.41) is 2.11. The third-order valence-electron chi connectivity index (χ3n) is 5.94. The molecule has 1 N–H and O–H groups in total. The van der Waals surface area contributed by atoms with Crippen molar-refractivity contribution < 1.29 is 35.9 Å². The van der Waals surface area contributed by atoms with Crippen LogP contribution in [0.2, 0.25) is 0 Å². The number of thiophene rings is 1. The van der Waals surface area contributed by atoms with Crippen molar-refractivity contribution in [1.29, 1.82) is 0 Å². The minimum atomic E-state index is -5.08. The van der Waals surface area contributed by atoms with Crippen LogP contribution in [0.1, 0.15) is 59.5 Å². The fourth-order valence-corrected chi connectivity index (χ4v) is 5.21. The standard InChI is InChI=1S/C23H20F6N4O3S.C2H6/c1-12-17-19(37-18(12)21(36)32-5-3-2-4-6-32)30-11-33(20(17)35)10-16(34)31-15-8-13(22(24,25)26)7-14(9-15)23(27,28)29;1-2/h7-9,11H,2-6,10H2,1H3,(H,31,34);1-2H3. The first-order valence-corrected chi connectivity index (χ1v) is 12.9. The number of nitrogens with one attached hydrogen (secondary N) is 1. The normalized spacial score (nSPS) is 14.1. The van der Waals surface area contributed by atoms with Gasteiger partial charge in [0.25, 0.3) is 11.5 Å². The number of anilines is 1. The Bertz CT molecular complexity index is 1390. The van der Waals surface area contributed by atoms with E-state index in [0.717, 1.165) is 41.5 Å². The quantitative estimate of drug-likeness (QED) is 0.381. The van der Waals surface area contributed by atoms with Gasteiger partial charge in [-0.1, -0.05) is 13.8 Å². The Morgan fingerprint density at radius 2 is 1.54 bits per heavy atom. The van der Waals surface area contributed by atoms with Gasteiger partial charge in [-0.05, 0) is 49.9 Å². The number of alkyl halides is 6. The molecule has 0 saturated carbocycles. The van der Waals surface area contributed by atoms with Crippen LogP contribution in [0.15, 0.2) is 29.3 Å². The summed E-state index contributed by atoms with van der Waals surface area (Å²) in [6, 6.07) is 0.692. The minimum Gasteiger partial charge on any atom is -0.338 e. The molecular weight excluding hydrogens is 550 g/mol. The van der Waals surface area contributed by atoms with Crippen LogP contribution in [0.4, 0.5) is 32.0 Å². The largest absolute Gasteiger partial charge is 0.416 e. The predicted molar refractivity (Wildman–Crippen MR) is 135 cm³/mol. The van der Waals surface area contributed by atoms with Crippen molar-refractivity contribution in [3.05, 3.63) is 56.4 Å². The highest BCUT2D eigenvalue weighted by atomic mass is 32.1. The zero-order valence-corrected chi connectivity index (χ0v) is 22.1. The van der Waals surface area contributed by atoms with Crippen LogP contribution in [0.25, 0.3) is 10.2 Å². The van der Waals surface area contributed by atoms with E-state index in [1.54, 1.807) is 11.8 Å². The van der Waals surface area contributed by atoms with Gasteiger partial charge in [-0.2, -0.15) is 26.3 Å². The average Bonchev–Trinajstić information content (AvgIpc) is 3.22. The smallest absolute Gasteiger partial charge is 0.338 e. The summed E-state index contributed by atoms with van der Waals surface area (Å²) in [6.45, 7) is 6.08. The van der Waals surface area contributed by atoms with E-state index in [-0.39, 0.29) is 22.2 Å². The predicted octanol–water partition coefficient (Wildman–Crippen LogP) is 6.10. The number of piperidine rings is 1. The van der Waals surface area contributed by atoms with Gasteiger partial charge in [-0.15, -0.1) is 11.3 Å². The molecule has 212 valence electrons. The Hall–Kier alpha value is -3.42. The Morgan fingerprint density at radius 3 is 2.08 bits per heavy atom. The molecule has 7 nitrogen and oxygen atoms in total. The van der Waals surface area contributed by atoms with Gasteiger partial charge in [-0.3, -0.25) is 19.0 Å². The molecule has 3 aromatic rings. The molecule has 1 aliphatic rings. The topological polar surface area (TPSA) is 84.3 Å². The van der Waals surface area contributed by atoms with Crippen molar-refractivity contribution in [2.75, 3.05) is 18.4 Å². The Balaban J connectivity index is 0.00000205. The fraction of sp³-hybridized carbons (Fsp3) is 0.440. The van der Waals surface area contributed by atoms with Crippen LogP contribution in [0.3, 0.4) is 0 Å². The second kappa shape index (κ2) is 11.8. The van der Waals surface area contributed by atoms with Crippen LogP contribution in [-0.4, -0.2) is 39.4 Å². The average molecular weight is 577 g/mol. The maximum absolute atomic E-state index is 13.1. The van der Waals surface area contributed by atoms with Gasteiger partial charge >= 0.3 is 12.4 Å². The zero-order chi connectivity index (χ0) is 29.1. The number of carbonyl (C=O) groups is 2. The van der Waals surface area contributed by atoms with E-state index in [0.29, 0.717) is 35.7 Å². The lowest BCUT2D eigenvalue weighted by Gasteiger charge is -2.26. The Kier molecular flexibility index (Phi) is 9.08. The lowest BCUT2D eigenvalue weighted by atomic mass is 10.1. The number of hydrogen-bond donors (Lipinski definition) is 1. The number of benzene rings is 1. The molecule has 0 radical (unpaired) electrons. The monoisotopic (exact) mass is 576 g/mol. The first-order chi connectivity index (χ1) is 18.3. The van der Waals surface area contributed by atoms with Gasteiger partial charge in [0.2, 0.25) is 5.91 Å². The molecular formula is C25H26F6N4O3S. The van der Waals surface area contributed by atoms with E-state index in [9.17, 15) is 40.7 Å². The molecule has 1 aliphatic heterocycles. The van der Waals surface area contributed by atoms with Crippen LogP contribution in [-0.2, 0) is 23.7 Å². The zero-order valence-electron chi connectivity index (χ0n) is 21.3. The number of fused-ring (bicyclic) bond motifs is 1. The number of amides is 2. The van der Waals surface area contributed by atoms with Crippen molar-refractivity contribution in [2.24, 2.45) is 0 Å². The van der Waals surface area contributed by atoms with E-state index >= 15 is 0 Å². The van der Waals surface area contributed by atoms with Gasteiger partial charge < -0.3 is 10.2 Å². The van der Waals surface area contributed by atoms with Crippen LogP contribution in [0.5, 0.6) is 0 Å². The van der Waals surface area contributed by atoms with Crippen molar-refractivity contribution in [3.8, 4) is 0 Å². The summed E-state index contributed by atoms with van der Waals surface area (Å²) in [7, 11) is 0. The number of carbonyl (C=O) groups excluding carboxylic acids is 2. The third kappa shape index (κ3) is 6.78. The molecule has 0 atom stereocenters. The number of nitrogens with zero attached hydrogens (tertiary/aromatic N) is 3. The highest BCUT2D eigenvalue weighted by Crippen LogP contribution is 2.37. The Labute approximate surface area is 223 Å². The van der Waals surface area contributed by atoms with Gasteiger partial charge in [0.1, 0.15) is 11.4 Å². The Morgan fingerprint density at radius 1 is 0.974 bits per heavy atom. The summed E-state index contributed by atoms with van der Waals surface area (Å²) < 4.78 is 79.3. The molecule has 1 aromatic carbocycles. The lowest BCUT2D eigenvalue weighted by molar-refractivity contribution is -0.143. The first-order valence-electron chi connectivity index (χ1n) is 12.1. The number of aromatic nitrogens is 2. The molecule has 14 heteroatoms. The number of aryl methyl sites for hydroxylation is 1. The molecule has 0 unspecified atom stereocenters. The molecule has 1 saturated heterocycles. The van der Waals surface area contributed by atoms with Crippen LogP contribution >= 0.6 is 11.3 Å². The van der Waals surface area contributed by atoms with Crippen molar-refractivity contribution >= 4 is 39.1 Å². The summed E-state index contributed by atoms with van der Waals surface area (Å²) in [5.74, 6) is -1.25. The lowest BCUT2D eigenvalue weighted by Crippen LogP contribution is -2.35. The van der Waals surface area contributed by atoms with Gasteiger partial charge in [0.05, 0.1) is 27.7 Å². The maximum Gasteiger partial charge on any atom is 0.416 e.